The molecule has 0 aromatic heterocycles. The van der Waals surface area contributed by atoms with Gasteiger partial charge in [-0.2, -0.15) is 0 Å². The van der Waals surface area contributed by atoms with E-state index in [1.165, 1.54) is 5.56 Å². The van der Waals surface area contributed by atoms with Gasteiger partial charge < -0.3 is 10.2 Å². The molecule has 1 spiro atoms. The summed E-state index contributed by atoms with van der Waals surface area (Å²) in [5, 5.41) is 3.35. The molecule has 0 bridgehead atoms. The molecule has 110 valence electrons. The van der Waals surface area contributed by atoms with E-state index in [0.717, 1.165) is 49.9 Å². The Morgan fingerprint density at radius 3 is 2.45 bits per heavy atom. The summed E-state index contributed by atoms with van der Waals surface area (Å²) >= 11 is 3.44. The first-order valence-corrected chi connectivity index (χ1v) is 7.73. The molecule has 2 fully saturated rings. The predicted molar refractivity (Wildman–Crippen MR) is 86.0 cm³/mol. The lowest BCUT2D eigenvalue weighted by atomic mass is 9.78. The number of hydrogen-bond acceptors (Lipinski definition) is 2. The van der Waals surface area contributed by atoms with Crippen LogP contribution in [0.3, 0.4) is 0 Å². The zero-order valence-electron chi connectivity index (χ0n) is 11.4. The Bertz CT molecular complexity index is 471. The molecule has 1 N–H and O–H groups in total. The van der Waals surface area contributed by atoms with Crippen molar-refractivity contribution in [3.05, 3.63) is 34.3 Å². The Balaban J connectivity index is 0.00000147. The van der Waals surface area contributed by atoms with Gasteiger partial charge in [-0.25, -0.2) is 0 Å². The van der Waals surface area contributed by atoms with Crippen molar-refractivity contribution in [1.29, 1.82) is 0 Å². The highest BCUT2D eigenvalue weighted by atomic mass is 79.9. The number of likely N-dealkylation sites (tertiary alicyclic amines) is 1. The number of carbonyl (C=O) groups is 1. The van der Waals surface area contributed by atoms with Gasteiger partial charge in [-0.3, -0.25) is 4.79 Å². The Morgan fingerprint density at radius 2 is 1.80 bits per heavy atom. The van der Waals surface area contributed by atoms with Crippen LogP contribution in [0.2, 0.25) is 0 Å². The van der Waals surface area contributed by atoms with E-state index in [9.17, 15) is 4.79 Å². The number of halogens is 2. The predicted octanol–water partition coefficient (Wildman–Crippen LogP) is 2.97. The number of nitrogens with zero attached hydrogens (tertiary/aromatic N) is 1. The van der Waals surface area contributed by atoms with E-state index >= 15 is 0 Å². The highest BCUT2D eigenvalue weighted by Gasteiger charge is 2.46. The molecule has 20 heavy (non-hydrogen) atoms. The van der Waals surface area contributed by atoms with Gasteiger partial charge in [-0.15, -0.1) is 12.4 Å². The fourth-order valence-electron chi connectivity index (χ4n) is 3.22. The van der Waals surface area contributed by atoms with Crippen molar-refractivity contribution < 1.29 is 4.79 Å². The Kier molecular flexibility index (Phi) is 5.10. The molecule has 3 nitrogen and oxygen atoms in total. The Morgan fingerprint density at radius 1 is 1.15 bits per heavy atom. The van der Waals surface area contributed by atoms with Crippen LogP contribution in [0.4, 0.5) is 0 Å². The maximum atomic E-state index is 12.6. The number of nitrogens with one attached hydrogen (secondary N) is 1. The van der Waals surface area contributed by atoms with Crippen LogP contribution in [0.5, 0.6) is 0 Å². The third-order valence-electron chi connectivity index (χ3n) is 4.45. The Hall–Kier alpha value is -0.580. The second-order valence-corrected chi connectivity index (χ2v) is 6.55. The van der Waals surface area contributed by atoms with E-state index in [-0.39, 0.29) is 17.8 Å². The quantitative estimate of drug-likeness (QED) is 0.880. The molecule has 2 saturated heterocycles. The SMILES string of the molecule is Cl.O=C1N(Cc2ccc(Br)cc2)CCC12CCNCC2. The number of rotatable bonds is 2. The lowest BCUT2D eigenvalue weighted by Crippen LogP contribution is -2.42. The molecular weight excluding hydrogens is 340 g/mol. The van der Waals surface area contributed by atoms with Gasteiger partial charge in [0.2, 0.25) is 5.91 Å². The maximum Gasteiger partial charge on any atom is 0.229 e. The summed E-state index contributed by atoms with van der Waals surface area (Å²) in [6.07, 6.45) is 3.04. The van der Waals surface area contributed by atoms with Crippen molar-refractivity contribution in [3.8, 4) is 0 Å². The summed E-state index contributed by atoms with van der Waals surface area (Å²) < 4.78 is 1.08. The van der Waals surface area contributed by atoms with Crippen LogP contribution in [-0.4, -0.2) is 30.4 Å². The topological polar surface area (TPSA) is 32.3 Å². The summed E-state index contributed by atoms with van der Waals surface area (Å²) in [6, 6.07) is 8.25. The van der Waals surface area contributed by atoms with Crippen LogP contribution in [0.1, 0.15) is 24.8 Å². The van der Waals surface area contributed by atoms with E-state index in [2.05, 4.69) is 33.4 Å². The maximum absolute atomic E-state index is 12.6. The van der Waals surface area contributed by atoms with E-state index in [1.807, 2.05) is 17.0 Å². The summed E-state index contributed by atoms with van der Waals surface area (Å²) in [5.74, 6) is 0.372. The summed E-state index contributed by atoms with van der Waals surface area (Å²) in [5.41, 5.74) is 1.16. The van der Waals surface area contributed by atoms with Crippen LogP contribution in [0.15, 0.2) is 28.7 Å². The van der Waals surface area contributed by atoms with Crippen molar-refractivity contribution in [2.45, 2.75) is 25.8 Å². The highest BCUT2D eigenvalue weighted by Crippen LogP contribution is 2.40. The van der Waals surface area contributed by atoms with Gasteiger partial charge >= 0.3 is 0 Å². The highest BCUT2D eigenvalue weighted by molar-refractivity contribution is 9.10. The van der Waals surface area contributed by atoms with Crippen LogP contribution >= 0.6 is 28.3 Å². The average molecular weight is 360 g/mol. The third-order valence-corrected chi connectivity index (χ3v) is 4.98. The van der Waals surface area contributed by atoms with Crippen LogP contribution in [0, 0.1) is 5.41 Å². The standard InChI is InChI=1S/C15H19BrN2O.ClH/c16-13-3-1-12(2-4-13)11-18-10-7-15(14(18)19)5-8-17-9-6-15;/h1-4,17H,5-11H2;1H. The second kappa shape index (κ2) is 6.46. The molecular formula is C15H20BrClN2O. The first-order valence-electron chi connectivity index (χ1n) is 6.94. The van der Waals surface area contributed by atoms with Crippen molar-refractivity contribution in [2.75, 3.05) is 19.6 Å². The molecule has 1 aromatic rings. The summed E-state index contributed by atoms with van der Waals surface area (Å²) in [6.45, 7) is 3.63. The fourth-order valence-corrected chi connectivity index (χ4v) is 3.49. The molecule has 5 heteroatoms. The largest absolute Gasteiger partial charge is 0.338 e. The number of hydrogen-bond donors (Lipinski definition) is 1. The zero-order chi connectivity index (χ0) is 13.3. The van der Waals surface area contributed by atoms with Crippen molar-refractivity contribution >= 4 is 34.2 Å². The lowest BCUT2D eigenvalue weighted by Gasteiger charge is -2.32. The first-order chi connectivity index (χ1) is 9.20. The van der Waals surface area contributed by atoms with Crippen LogP contribution in [-0.2, 0) is 11.3 Å². The summed E-state index contributed by atoms with van der Waals surface area (Å²) in [7, 11) is 0. The van der Waals surface area contributed by atoms with E-state index in [1.54, 1.807) is 0 Å². The van der Waals surface area contributed by atoms with Crippen molar-refractivity contribution in [2.24, 2.45) is 5.41 Å². The average Bonchev–Trinajstić information content (AvgIpc) is 2.72. The minimum Gasteiger partial charge on any atom is -0.338 e. The molecule has 0 unspecified atom stereocenters. The Labute approximate surface area is 134 Å². The fraction of sp³-hybridized carbons (Fsp3) is 0.533. The molecule has 0 atom stereocenters. The zero-order valence-corrected chi connectivity index (χ0v) is 13.8. The van der Waals surface area contributed by atoms with Crippen LogP contribution < -0.4 is 5.32 Å². The van der Waals surface area contributed by atoms with E-state index in [4.69, 9.17) is 0 Å². The van der Waals surface area contributed by atoms with Crippen LogP contribution in [0.25, 0.3) is 0 Å². The van der Waals surface area contributed by atoms with Crippen molar-refractivity contribution in [1.82, 2.24) is 10.2 Å². The lowest BCUT2D eigenvalue weighted by molar-refractivity contribution is -0.137. The number of piperidine rings is 1. The first kappa shape index (κ1) is 15.8. The van der Waals surface area contributed by atoms with Gasteiger partial charge in [0.25, 0.3) is 0 Å². The molecule has 2 aliphatic heterocycles. The summed E-state index contributed by atoms with van der Waals surface area (Å²) in [4.78, 5) is 14.7. The normalized spacial score (nSPS) is 21.1. The molecule has 1 amide bonds. The number of carbonyl (C=O) groups excluding carboxylic acids is 1. The molecule has 3 rings (SSSR count). The van der Waals surface area contributed by atoms with Gasteiger partial charge in [0, 0.05) is 17.6 Å². The van der Waals surface area contributed by atoms with Gasteiger partial charge in [0.1, 0.15) is 0 Å². The third kappa shape index (κ3) is 3.02. The molecule has 0 radical (unpaired) electrons. The number of amides is 1. The number of benzene rings is 1. The van der Waals surface area contributed by atoms with Gasteiger partial charge in [0.05, 0.1) is 5.41 Å². The van der Waals surface area contributed by atoms with Gasteiger partial charge in [-0.1, -0.05) is 28.1 Å². The molecule has 0 saturated carbocycles. The van der Waals surface area contributed by atoms with Gasteiger partial charge in [-0.05, 0) is 50.0 Å². The monoisotopic (exact) mass is 358 g/mol. The minimum atomic E-state index is -0.0549. The minimum absolute atomic E-state index is 0. The van der Waals surface area contributed by atoms with Crippen molar-refractivity contribution in [3.63, 3.8) is 0 Å². The molecule has 2 aliphatic rings. The molecule has 1 aromatic carbocycles. The van der Waals surface area contributed by atoms with E-state index in [0.29, 0.717) is 5.91 Å². The molecule has 2 heterocycles. The molecule has 0 aliphatic carbocycles. The smallest absolute Gasteiger partial charge is 0.229 e. The van der Waals surface area contributed by atoms with E-state index < -0.39 is 0 Å². The van der Waals surface area contributed by atoms with Gasteiger partial charge in [0.15, 0.2) is 0 Å². The second-order valence-electron chi connectivity index (χ2n) is 5.63.